The molecule has 6 nitrogen and oxygen atoms in total. The lowest BCUT2D eigenvalue weighted by atomic mass is 10.0. The van der Waals surface area contributed by atoms with Gasteiger partial charge in [-0.1, -0.05) is 11.6 Å². The Morgan fingerprint density at radius 3 is 2.67 bits per heavy atom. The molecular formula is C19H21ClFN3O3. The van der Waals surface area contributed by atoms with E-state index in [2.05, 4.69) is 10.2 Å². The van der Waals surface area contributed by atoms with Crippen molar-refractivity contribution in [1.82, 2.24) is 0 Å². The largest absolute Gasteiger partial charge is 0.393 e. The van der Waals surface area contributed by atoms with Crippen molar-refractivity contribution in [2.75, 3.05) is 23.3 Å². The van der Waals surface area contributed by atoms with E-state index in [4.69, 9.17) is 11.6 Å². The van der Waals surface area contributed by atoms with Crippen LogP contribution in [-0.4, -0.2) is 29.2 Å². The fourth-order valence-electron chi connectivity index (χ4n) is 3.36. The second-order valence-corrected chi connectivity index (χ2v) is 7.14. The molecule has 1 aliphatic heterocycles. The average molecular weight is 394 g/mol. The normalized spacial score (nSPS) is 16.2. The molecule has 0 bridgehead atoms. The number of aliphatic hydroxyl groups is 1. The maximum Gasteiger partial charge on any atom is 0.293 e. The molecule has 0 amide bonds. The van der Waals surface area contributed by atoms with E-state index in [0.717, 1.165) is 5.69 Å². The number of nitro benzene ring substituents is 1. The van der Waals surface area contributed by atoms with Crippen molar-refractivity contribution >= 4 is 28.7 Å². The van der Waals surface area contributed by atoms with Crippen LogP contribution in [0, 0.1) is 15.9 Å². The van der Waals surface area contributed by atoms with E-state index >= 15 is 0 Å². The first-order valence-electron chi connectivity index (χ1n) is 8.78. The fraction of sp³-hybridized carbons (Fsp3) is 0.368. The second-order valence-electron chi connectivity index (χ2n) is 6.71. The van der Waals surface area contributed by atoms with E-state index in [1.807, 2.05) is 6.92 Å². The zero-order valence-electron chi connectivity index (χ0n) is 14.9. The van der Waals surface area contributed by atoms with Gasteiger partial charge in [-0.05, 0) is 50.1 Å². The quantitative estimate of drug-likeness (QED) is 0.576. The van der Waals surface area contributed by atoms with Gasteiger partial charge >= 0.3 is 0 Å². The Morgan fingerprint density at radius 1 is 1.30 bits per heavy atom. The minimum absolute atomic E-state index is 0.131. The molecule has 0 radical (unpaired) electrons. The molecule has 144 valence electrons. The molecular weight excluding hydrogens is 373 g/mol. The van der Waals surface area contributed by atoms with Gasteiger partial charge in [0.1, 0.15) is 11.5 Å². The third kappa shape index (κ3) is 4.48. The molecule has 27 heavy (non-hydrogen) atoms. The van der Waals surface area contributed by atoms with Crippen molar-refractivity contribution < 1.29 is 14.4 Å². The zero-order valence-corrected chi connectivity index (χ0v) is 15.6. The monoisotopic (exact) mass is 393 g/mol. The van der Waals surface area contributed by atoms with E-state index < -0.39 is 4.92 Å². The number of rotatable bonds is 5. The highest BCUT2D eigenvalue weighted by atomic mass is 35.5. The Balaban J connectivity index is 1.90. The van der Waals surface area contributed by atoms with Crippen LogP contribution in [0.25, 0.3) is 0 Å². The van der Waals surface area contributed by atoms with Gasteiger partial charge in [0.25, 0.3) is 5.69 Å². The maximum absolute atomic E-state index is 13.9. The van der Waals surface area contributed by atoms with Crippen LogP contribution < -0.4 is 10.2 Å². The Morgan fingerprint density at radius 2 is 2.00 bits per heavy atom. The fourth-order valence-corrected chi connectivity index (χ4v) is 3.52. The Kier molecular flexibility index (Phi) is 5.82. The van der Waals surface area contributed by atoms with Crippen LogP contribution in [0.15, 0.2) is 36.4 Å². The number of benzene rings is 2. The van der Waals surface area contributed by atoms with E-state index in [9.17, 15) is 19.6 Å². The van der Waals surface area contributed by atoms with E-state index in [1.165, 1.54) is 18.2 Å². The lowest BCUT2D eigenvalue weighted by molar-refractivity contribution is -0.384. The molecule has 1 saturated heterocycles. The molecule has 0 aliphatic carbocycles. The van der Waals surface area contributed by atoms with Crippen molar-refractivity contribution in [1.29, 1.82) is 0 Å². The van der Waals surface area contributed by atoms with Crippen molar-refractivity contribution in [3.05, 3.63) is 62.9 Å². The Labute approximate surface area is 161 Å². The number of anilines is 2. The van der Waals surface area contributed by atoms with Gasteiger partial charge < -0.3 is 15.3 Å². The van der Waals surface area contributed by atoms with Crippen LogP contribution in [0.4, 0.5) is 21.5 Å². The van der Waals surface area contributed by atoms with Crippen molar-refractivity contribution in [3.63, 3.8) is 0 Å². The topological polar surface area (TPSA) is 78.6 Å². The molecule has 0 aromatic heterocycles. The van der Waals surface area contributed by atoms with Crippen LogP contribution in [-0.2, 0) is 0 Å². The van der Waals surface area contributed by atoms with Gasteiger partial charge in [-0.25, -0.2) is 4.39 Å². The first kappa shape index (κ1) is 19.4. The molecule has 3 rings (SSSR count). The van der Waals surface area contributed by atoms with Crippen LogP contribution in [0.3, 0.4) is 0 Å². The summed E-state index contributed by atoms with van der Waals surface area (Å²) in [6.07, 6.45) is 1.00. The highest BCUT2D eigenvalue weighted by molar-refractivity contribution is 6.30. The molecule has 1 aliphatic rings. The van der Waals surface area contributed by atoms with Crippen molar-refractivity contribution in [2.45, 2.75) is 31.9 Å². The van der Waals surface area contributed by atoms with Gasteiger partial charge in [0, 0.05) is 35.4 Å². The first-order chi connectivity index (χ1) is 12.8. The van der Waals surface area contributed by atoms with Crippen LogP contribution in [0.1, 0.15) is 31.4 Å². The third-order valence-electron chi connectivity index (χ3n) is 4.79. The number of nitrogens with zero attached hydrogens (tertiary/aromatic N) is 2. The summed E-state index contributed by atoms with van der Waals surface area (Å²) in [5, 5.41) is 24.4. The Hall–Kier alpha value is -2.38. The summed E-state index contributed by atoms with van der Waals surface area (Å²) < 4.78 is 13.9. The lowest BCUT2D eigenvalue weighted by Gasteiger charge is -2.34. The molecule has 1 atom stereocenters. The lowest BCUT2D eigenvalue weighted by Crippen LogP contribution is -2.36. The maximum atomic E-state index is 13.9. The summed E-state index contributed by atoms with van der Waals surface area (Å²) in [7, 11) is 0. The number of nitrogens with one attached hydrogen (secondary N) is 1. The van der Waals surface area contributed by atoms with Gasteiger partial charge in [-0.15, -0.1) is 0 Å². The molecule has 2 N–H and O–H groups in total. The second kappa shape index (κ2) is 8.10. The Bertz CT molecular complexity index is 841. The van der Waals surface area contributed by atoms with E-state index in [-0.39, 0.29) is 28.7 Å². The SMILES string of the molecule is CC(Nc1ccc(Cl)cc1[N+](=O)[O-])c1cc(F)ccc1N1CCC(O)CC1. The summed E-state index contributed by atoms with van der Waals surface area (Å²) in [6.45, 7) is 3.18. The van der Waals surface area contributed by atoms with Gasteiger partial charge in [0.15, 0.2) is 0 Å². The predicted octanol–water partition coefficient (Wildman–Crippen LogP) is 4.52. The van der Waals surface area contributed by atoms with Gasteiger partial charge in [0.05, 0.1) is 17.1 Å². The number of piperidine rings is 1. The highest BCUT2D eigenvalue weighted by Gasteiger charge is 2.23. The van der Waals surface area contributed by atoms with Gasteiger partial charge in [-0.2, -0.15) is 0 Å². The van der Waals surface area contributed by atoms with Crippen molar-refractivity contribution in [2.24, 2.45) is 0 Å². The molecule has 0 spiro atoms. The number of hydrogen-bond acceptors (Lipinski definition) is 5. The van der Waals surface area contributed by atoms with Crippen LogP contribution in [0.2, 0.25) is 5.02 Å². The molecule has 1 fully saturated rings. The summed E-state index contributed by atoms with van der Waals surface area (Å²) in [4.78, 5) is 12.9. The summed E-state index contributed by atoms with van der Waals surface area (Å²) >= 11 is 5.86. The number of aliphatic hydroxyl groups excluding tert-OH is 1. The van der Waals surface area contributed by atoms with Gasteiger partial charge in [-0.3, -0.25) is 10.1 Å². The van der Waals surface area contributed by atoms with Crippen LogP contribution >= 0.6 is 11.6 Å². The smallest absolute Gasteiger partial charge is 0.293 e. The summed E-state index contributed by atoms with van der Waals surface area (Å²) in [6, 6.07) is 8.60. The molecule has 8 heteroatoms. The summed E-state index contributed by atoms with van der Waals surface area (Å²) in [5.41, 5.74) is 1.75. The number of hydrogen-bond donors (Lipinski definition) is 2. The minimum atomic E-state index is -0.501. The number of halogens is 2. The molecule has 2 aromatic rings. The minimum Gasteiger partial charge on any atom is -0.393 e. The first-order valence-corrected chi connectivity index (χ1v) is 9.16. The molecule has 0 saturated carbocycles. The molecule has 2 aromatic carbocycles. The van der Waals surface area contributed by atoms with Gasteiger partial charge in [0.2, 0.25) is 0 Å². The van der Waals surface area contributed by atoms with Crippen LogP contribution in [0.5, 0.6) is 0 Å². The molecule has 1 heterocycles. The van der Waals surface area contributed by atoms with E-state index in [0.29, 0.717) is 37.2 Å². The summed E-state index contributed by atoms with van der Waals surface area (Å²) in [5.74, 6) is -0.370. The van der Waals surface area contributed by atoms with E-state index in [1.54, 1.807) is 18.2 Å². The standard InChI is InChI=1S/C19H21ClFN3O3/c1-12(22-17-4-2-13(20)10-19(17)24(26)27)16-11-14(21)3-5-18(16)23-8-6-15(25)7-9-23/h2-5,10-12,15,22,25H,6-9H2,1H3. The third-order valence-corrected chi connectivity index (χ3v) is 5.02. The predicted molar refractivity (Wildman–Crippen MR) is 104 cm³/mol. The average Bonchev–Trinajstić information content (AvgIpc) is 2.63. The van der Waals surface area contributed by atoms with Crippen molar-refractivity contribution in [3.8, 4) is 0 Å². The highest BCUT2D eigenvalue weighted by Crippen LogP contribution is 2.35. The zero-order chi connectivity index (χ0) is 19.6. The molecule has 1 unspecified atom stereocenters. The number of nitro groups is 1.